The van der Waals surface area contributed by atoms with Gasteiger partial charge >= 0.3 is 0 Å². The summed E-state index contributed by atoms with van der Waals surface area (Å²) in [6, 6.07) is 1.37. The standard InChI is InChI=1S/C9H20OSi/c1-5-6-11(3,4)8-7-9(8,2)10/h8,10H,5-7H2,1-4H3. The van der Waals surface area contributed by atoms with Gasteiger partial charge in [-0.15, -0.1) is 0 Å². The summed E-state index contributed by atoms with van der Waals surface area (Å²) in [4.78, 5) is 0. The molecular formula is C9H20OSi. The summed E-state index contributed by atoms with van der Waals surface area (Å²) in [7, 11) is -1.05. The monoisotopic (exact) mass is 172 g/mol. The number of hydrogen-bond acceptors (Lipinski definition) is 1. The molecule has 2 atom stereocenters. The first-order chi connectivity index (χ1) is 4.90. The van der Waals surface area contributed by atoms with Crippen LogP contribution in [0.15, 0.2) is 0 Å². The van der Waals surface area contributed by atoms with Crippen LogP contribution in [0.2, 0.25) is 24.7 Å². The van der Waals surface area contributed by atoms with Gasteiger partial charge < -0.3 is 5.11 Å². The lowest BCUT2D eigenvalue weighted by atomic mass is 10.4. The van der Waals surface area contributed by atoms with Gasteiger partial charge in [-0.3, -0.25) is 0 Å². The second-order valence-electron chi connectivity index (χ2n) is 4.85. The van der Waals surface area contributed by atoms with Crippen molar-refractivity contribution >= 4 is 8.07 Å². The van der Waals surface area contributed by atoms with E-state index in [1.807, 2.05) is 6.92 Å². The highest BCUT2D eigenvalue weighted by atomic mass is 28.3. The minimum absolute atomic E-state index is 0.287. The van der Waals surface area contributed by atoms with E-state index in [0.717, 1.165) is 6.42 Å². The van der Waals surface area contributed by atoms with E-state index in [-0.39, 0.29) is 5.60 Å². The molecule has 0 saturated heterocycles. The molecule has 0 aromatic rings. The van der Waals surface area contributed by atoms with Crippen LogP contribution in [0.25, 0.3) is 0 Å². The normalized spacial score (nSPS) is 37.4. The number of aliphatic hydroxyl groups is 1. The Morgan fingerprint density at radius 2 is 2.00 bits per heavy atom. The van der Waals surface area contributed by atoms with Gasteiger partial charge in [-0.25, -0.2) is 0 Å². The molecule has 1 nitrogen and oxygen atoms in total. The molecule has 0 bridgehead atoms. The summed E-state index contributed by atoms with van der Waals surface area (Å²) in [6.45, 7) is 9.04. The maximum atomic E-state index is 9.69. The number of hydrogen-bond donors (Lipinski definition) is 1. The molecule has 1 rings (SSSR count). The summed E-state index contributed by atoms with van der Waals surface area (Å²) in [6.07, 6.45) is 2.35. The summed E-state index contributed by atoms with van der Waals surface area (Å²) < 4.78 is 0. The van der Waals surface area contributed by atoms with Gasteiger partial charge in [-0.05, 0) is 18.9 Å². The summed E-state index contributed by atoms with van der Waals surface area (Å²) in [5.41, 5.74) is 0.389. The second kappa shape index (κ2) is 2.59. The van der Waals surface area contributed by atoms with E-state index in [0.29, 0.717) is 5.54 Å². The van der Waals surface area contributed by atoms with Gasteiger partial charge in [0.25, 0.3) is 0 Å². The van der Waals surface area contributed by atoms with Crippen molar-refractivity contribution in [3.05, 3.63) is 0 Å². The average molecular weight is 172 g/mol. The number of rotatable bonds is 3. The third-order valence-corrected chi connectivity index (χ3v) is 7.55. The van der Waals surface area contributed by atoms with Crippen LogP contribution in [-0.4, -0.2) is 18.8 Å². The van der Waals surface area contributed by atoms with E-state index in [4.69, 9.17) is 0 Å². The molecule has 0 spiro atoms. The predicted molar refractivity (Wildman–Crippen MR) is 51.6 cm³/mol. The maximum Gasteiger partial charge on any atom is 0.0626 e. The molecule has 1 aliphatic carbocycles. The fourth-order valence-corrected chi connectivity index (χ4v) is 6.58. The molecule has 0 heterocycles. The highest BCUT2D eigenvalue weighted by Crippen LogP contribution is 2.56. The van der Waals surface area contributed by atoms with Gasteiger partial charge in [0.15, 0.2) is 0 Å². The van der Waals surface area contributed by atoms with Crippen molar-refractivity contribution in [2.45, 2.75) is 57.0 Å². The van der Waals surface area contributed by atoms with Gasteiger partial charge in [-0.1, -0.05) is 32.5 Å². The molecule has 2 heteroatoms. The largest absolute Gasteiger partial charge is 0.390 e. The molecular weight excluding hydrogens is 152 g/mol. The molecule has 1 saturated carbocycles. The van der Waals surface area contributed by atoms with E-state index in [2.05, 4.69) is 20.0 Å². The average Bonchev–Trinajstić information content (AvgIpc) is 2.41. The maximum absolute atomic E-state index is 9.69. The SMILES string of the molecule is CCC[Si](C)(C)C1CC1(C)O. The van der Waals surface area contributed by atoms with Crippen molar-refractivity contribution in [1.82, 2.24) is 0 Å². The van der Waals surface area contributed by atoms with Crippen molar-refractivity contribution in [3.8, 4) is 0 Å². The fourth-order valence-electron chi connectivity index (χ4n) is 2.29. The Bertz CT molecular complexity index is 152. The minimum atomic E-state index is -1.05. The van der Waals surface area contributed by atoms with Crippen LogP contribution in [-0.2, 0) is 0 Å². The van der Waals surface area contributed by atoms with Gasteiger partial charge in [0, 0.05) is 0 Å². The Hall–Kier alpha value is 0.177. The zero-order valence-electron chi connectivity index (χ0n) is 8.15. The Kier molecular flexibility index (Phi) is 2.19. The quantitative estimate of drug-likeness (QED) is 0.649. The van der Waals surface area contributed by atoms with Crippen molar-refractivity contribution in [3.63, 3.8) is 0 Å². The molecule has 0 aromatic carbocycles. The Labute approximate surface area is 70.8 Å². The lowest BCUT2D eigenvalue weighted by Crippen LogP contribution is -2.29. The molecule has 1 fully saturated rings. The van der Waals surface area contributed by atoms with Crippen molar-refractivity contribution < 1.29 is 5.11 Å². The van der Waals surface area contributed by atoms with Gasteiger partial charge in [0.1, 0.15) is 0 Å². The van der Waals surface area contributed by atoms with Crippen molar-refractivity contribution in [2.24, 2.45) is 0 Å². The zero-order valence-corrected chi connectivity index (χ0v) is 9.15. The molecule has 2 unspecified atom stereocenters. The lowest BCUT2D eigenvalue weighted by molar-refractivity contribution is 0.171. The first-order valence-corrected chi connectivity index (χ1v) is 7.91. The molecule has 0 amide bonds. The van der Waals surface area contributed by atoms with E-state index >= 15 is 0 Å². The smallest absolute Gasteiger partial charge is 0.0626 e. The minimum Gasteiger partial charge on any atom is -0.390 e. The molecule has 0 radical (unpaired) electrons. The van der Waals surface area contributed by atoms with Crippen LogP contribution in [0.1, 0.15) is 26.7 Å². The van der Waals surface area contributed by atoms with Gasteiger partial charge in [-0.2, -0.15) is 0 Å². The van der Waals surface area contributed by atoms with E-state index in [1.165, 1.54) is 12.5 Å². The predicted octanol–water partition coefficient (Wildman–Crippen LogP) is 2.63. The van der Waals surface area contributed by atoms with Gasteiger partial charge in [0.05, 0.1) is 13.7 Å². The summed E-state index contributed by atoms with van der Waals surface area (Å²) in [5, 5.41) is 9.69. The lowest BCUT2D eigenvalue weighted by Gasteiger charge is -2.22. The van der Waals surface area contributed by atoms with E-state index < -0.39 is 8.07 Å². The fraction of sp³-hybridized carbons (Fsp3) is 1.00. The Morgan fingerprint density at radius 3 is 2.27 bits per heavy atom. The Morgan fingerprint density at radius 1 is 1.55 bits per heavy atom. The molecule has 1 aliphatic rings. The third kappa shape index (κ3) is 1.85. The van der Waals surface area contributed by atoms with E-state index in [9.17, 15) is 5.11 Å². The Balaban J connectivity index is 2.48. The third-order valence-electron chi connectivity index (χ3n) is 3.05. The zero-order chi connectivity index (χ0) is 8.70. The van der Waals surface area contributed by atoms with Crippen LogP contribution in [0.3, 0.4) is 0 Å². The van der Waals surface area contributed by atoms with E-state index in [1.54, 1.807) is 0 Å². The second-order valence-corrected chi connectivity index (χ2v) is 10.0. The van der Waals surface area contributed by atoms with Crippen molar-refractivity contribution in [2.75, 3.05) is 0 Å². The van der Waals surface area contributed by atoms with Crippen LogP contribution in [0.5, 0.6) is 0 Å². The molecule has 66 valence electrons. The molecule has 1 N–H and O–H groups in total. The van der Waals surface area contributed by atoms with Gasteiger partial charge in [0.2, 0.25) is 0 Å². The van der Waals surface area contributed by atoms with Crippen LogP contribution in [0, 0.1) is 0 Å². The first-order valence-electron chi connectivity index (χ1n) is 4.62. The van der Waals surface area contributed by atoms with Crippen molar-refractivity contribution in [1.29, 1.82) is 0 Å². The molecule has 0 aliphatic heterocycles. The first kappa shape index (κ1) is 9.27. The molecule has 0 aromatic heterocycles. The topological polar surface area (TPSA) is 20.2 Å². The highest BCUT2D eigenvalue weighted by Gasteiger charge is 2.56. The highest BCUT2D eigenvalue weighted by molar-refractivity contribution is 6.79. The van der Waals surface area contributed by atoms with Crippen LogP contribution in [0.4, 0.5) is 0 Å². The summed E-state index contributed by atoms with van der Waals surface area (Å²) in [5.74, 6) is 0. The molecule has 11 heavy (non-hydrogen) atoms. The summed E-state index contributed by atoms with van der Waals surface area (Å²) >= 11 is 0. The van der Waals surface area contributed by atoms with Crippen LogP contribution >= 0.6 is 0 Å². The van der Waals surface area contributed by atoms with Crippen LogP contribution < -0.4 is 0 Å².